The molecular weight excluding hydrogens is 390 g/mol. The second-order valence-corrected chi connectivity index (χ2v) is 7.49. The van der Waals surface area contributed by atoms with Crippen LogP contribution in [0.5, 0.6) is 0 Å². The van der Waals surface area contributed by atoms with Gasteiger partial charge in [-0.05, 0) is 54.5 Å². The third kappa shape index (κ3) is 3.52. The van der Waals surface area contributed by atoms with Gasteiger partial charge in [0, 0.05) is 23.3 Å². The highest BCUT2D eigenvalue weighted by atomic mass is 32.1. The number of ether oxygens (including phenoxy) is 1. The number of rotatable bonds is 3. The van der Waals surface area contributed by atoms with E-state index < -0.39 is 12.1 Å². The summed E-state index contributed by atoms with van der Waals surface area (Å²) in [7, 11) is 0. The molecule has 3 N–H and O–H groups in total. The summed E-state index contributed by atoms with van der Waals surface area (Å²) < 4.78 is 5.93. The Hall–Kier alpha value is -3.45. The standard InChI is InChI=1S/C22H17NO5S/c1-11(29)23-12-2-5-15(18(8-12)22(26)27)21-16-6-3-13(24)9-19(16)28-20-10-14(25)4-7-17(20)21/h2-10,16,19,24H,1H3,(H,23,29)(H,26,27). The van der Waals surface area contributed by atoms with Gasteiger partial charge in [0.15, 0.2) is 5.78 Å². The van der Waals surface area contributed by atoms with Crippen LogP contribution < -0.4 is 5.32 Å². The molecule has 1 heterocycles. The topological polar surface area (TPSA) is 95.9 Å². The first-order valence-electron chi connectivity index (χ1n) is 8.92. The lowest BCUT2D eigenvalue weighted by molar-refractivity contribution is -0.110. The number of benzene rings is 1. The van der Waals surface area contributed by atoms with E-state index in [0.29, 0.717) is 27.6 Å². The molecule has 2 atom stereocenters. The minimum absolute atomic E-state index is 0.0572. The molecule has 2 unspecified atom stereocenters. The quantitative estimate of drug-likeness (QED) is 0.653. The maximum absolute atomic E-state index is 12.1. The molecule has 7 heteroatoms. The number of aromatic carboxylic acids is 1. The third-order valence-corrected chi connectivity index (χ3v) is 4.97. The van der Waals surface area contributed by atoms with Crippen LogP contribution >= 0.6 is 12.2 Å². The summed E-state index contributed by atoms with van der Waals surface area (Å²) in [5, 5.41) is 22.7. The molecule has 2 aliphatic carbocycles. The van der Waals surface area contributed by atoms with Gasteiger partial charge in [-0.25, -0.2) is 4.79 Å². The molecule has 1 aliphatic heterocycles. The van der Waals surface area contributed by atoms with Crippen LogP contribution in [0.1, 0.15) is 22.8 Å². The molecule has 0 fully saturated rings. The number of carboxylic acid groups (broad SMARTS) is 1. The number of carbonyl (C=O) groups excluding carboxylic acids is 1. The van der Waals surface area contributed by atoms with Crippen molar-refractivity contribution < 1.29 is 24.5 Å². The lowest BCUT2D eigenvalue weighted by Crippen LogP contribution is -2.31. The van der Waals surface area contributed by atoms with Crippen molar-refractivity contribution in [2.45, 2.75) is 13.0 Å². The van der Waals surface area contributed by atoms with Gasteiger partial charge >= 0.3 is 5.97 Å². The molecule has 3 aliphatic rings. The van der Waals surface area contributed by atoms with E-state index in [4.69, 9.17) is 17.0 Å². The zero-order valence-electron chi connectivity index (χ0n) is 15.4. The average Bonchev–Trinajstić information content (AvgIpc) is 2.65. The van der Waals surface area contributed by atoms with E-state index in [1.54, 1.807) is 43.4 Å². The van der Waals surface area contributed by atoms with Gasteiger partial charge in [0.1, 0.15) is 17.6 Å². The van der Waals surface area contributed by atoms with E-state index in [0.717, 1.165) is 5.57 Å². The van der Waals surface area contributed by atoms with Gasteiger partial charge in [0.05, 0.1) is 10.6 Å². The highest BCUT2D eigenvalue weighted by Gasteiger charge is 2.37. The van der Waals surface area contributed by atoms with Gasteiger partial charge in [-0.15, -0.1) is 0 Å². The molecule has 146 valence electrons. The summed E-state index contributed by atoms with van der Waals surface area (Å²) in [4.78, 5) is 24.4. The first-order chi connectivity index (χ1) is 13.8. The minimum atomic E-state index is -1.08. The Labute approximate surface area is 172 Å². The lowest BCUT2D eigenvalue weighted by atomic mass is 9.77. The number of thiocarbonyl (C=S) groups is 1. The Balaban J connectivity index is 1.93. The van der Waals surface area contributed by atoms with E-state index in [2.05, 4.69) is 5.32 Å². The molecule has 4 rings (SSSR count). The second kappa shape index (κ2) is 7.18. The number of aliphatic hydroxyl groups is 1. The first kappa shape index (κ1) is 18.9. The number of hydrogen-bond acceptors (Lipinski definition) is 5. The van der Waals surface area contributed by atoms with E-state index in [9.17, 15) is 19.8 Å². The predicted molar refractivity (Wildman–Crippen MR) is 113 cm³/mol. The van der Waals surface area contributed by atoms with Crippen molar-refractivity contribution in [3.8, 4) is 0 Å². The fourth-order valence-corrected chi connectivity index (χ4v) is 3.84. The van der Waals surface area contributed by atoms with Crippen molar-refractivity contribution in [1.29, 1.82) is 0 Å². The van der Waals surface area contributed by atoms with Crippen LogP contribution in [0.4, 0.5) is 5.69 Å². The number of anilines is 1. The molecule has 0 amide bonds. The van der Waals surface area contributed by atoms with Crippen LogP contribution in [0.15, 0.2) is 71.7 Å². The van der Waals surface area contributed by atoms with E-state index in [-0.39, 0.29) is 23.0 Å². The molecule has 0 saturated heterocycles. The van der Waals surface area contributed by atoms with Gasteiger partial charge in [-0.1, -0.05) is 24.4 Å². The summed E-state index contributed by atoms with van der Waals surface area (Å²) >= 11 is 5.05. The molecule has 0 bridgehead atoms. The number of fused-ring (bicyclic) bond motifs is 2. The zero-order chi connectivity index (χ0) is 20.7. The van der Waals surface area contributed by atoms with Crippen LogP contribution in [0.2, 0.25) is 0 Å². The first-order valence-corrected chi connectivity index (χ1v) is 9.33. The van der Waals surface area contributed by atoms with E-state index in [1.165, 1.54) is 18.2 Å². The van der Waals surface area contributed by atoms with Crippen molar-refractivity contribution in [3.05, 3.63) is 82.9 Å². The fourth-order valence-electron chi connectivity index (χ4n) is 3.72. The largest absolute Gasteiger partial charge is 0.508 e. The molecule has 1 aromatic rings. The number of nitrogens with one attached hydrogen (secondary N) is 1. The lowest BCUT2D eigenvalue weighted by Gasteiger charge is -2.36. The monoisotopic (exact) mass is 407 g/mol. The molecule has 0 aromatic heterocycles. The maximum atomic E-state index is 12.1. The number of carbonyl (C=O) groups is 2. The number of allylic oxidation sites excluding steroid dienone is 4. The fraction of sp³-hybridized carbons (Fsp3) is 0.136. The van der Waals surface area contributed by atoms with E-state index in [1.807, 2.05) is 0 Å². The van der Waals surface area contributed by atoms with Gasteiger partial charge in [-0.2, -0.15) is 0 Å². The summed E-state index contributed by atoms with van der Waals surface area (Å²) in [6, 6.07) is 5.02. The molecule has 1 aromatic carbocycles. The molecule has 0 spiro atoms. The molecule has 0 saturated carbocycles. The second-order valence-electron chi connectivity index (χ2n) is 6.88. The van der Waals surface area contributed by atoms with Gasteiger partial charge in [0.2, 0.25) is 0 Å². The number of aliphatic hydroxyl groups excluding tert-OH is 1. The Morgan fingerprint density at radius 1 is 1.24 bits per heavy atom. The SMILES string of the molecule is CC(=S)Nc1ccc(C2=C3C=CC(=O)C=C3OC3C=C(O)C=CC23)c(C(=O)O)c1. The molecule has 29 heavy (non-hydrogen) atoms. The number of carboxylic acids is 1. The van der Waals surface area contributed by atoms with Gasteiger partial charge < -0.3 is 20.3 Å². The van der Waals surface area contributed by atoms with Crippen LogP contribution in [0.25, 0.3) is 5.57 Å². The Bertz CT molecular complexity index is 1110. The van der Waals surface area contributed by atoms with Crippen LogP contribution in [-0.4, -0.2) is 33.1 Å². The predicted octanol–water partition coefficient (Wildman–Crippen LogP) is 3.95. The van der Waals surface area contributed by atoms with Gasteiger partial charge in [0.25, 0.3) is 0 Å². The molecular formula is C22H17NO5S. The molecule has 6 nitrogen and oxygen atoms in total. The zero-order valence-corrected chi connectivity index (χ0v) is 16.2. The smallest absolute Gasteiger partial charge is 0.336 e. The normalized spacial score (nSPS) is 22.2. The number of ketones is 1. The highest BCUT2D eigenvalue weighted by Crippen LogP contribution is 2.45. The summed E-state index contributed by atoms with van der Waals surface area (Å²) in [6.45, 7) is 1.71. The van der Waals surface area contributed by atoms with Crippen molar-refractivity contribution in [1.82, 2.24) is 0 Å². The Morgan fingerprint density at radius 3 is 2.76 bits per heavy atom. The highest BCUT2D eigenvalue weighted by molar-refractivity contribution is 7.80. The van der Waals surface area contributed by atoms with Crippen molar-refractivity contribution >= 4 is 40.2 Å². The Morgan fingerprint density at radius 2 is 2.03 bits per heavy atom. The van der Waals surface area contributed by atoms with Crippen LogP contribution in [0, 0.1) is 5.92 Å². The Kier molecular flexibility index (Phi) is 4.68. The van der Waals surface area contributed by atoms with Crippen LogP contribution in [0.3, 0.4) is 0 Å². The van der Waals surface area contributed by atoms with Crippen molar-refractivity contribution in [2.75, 3.05) is 5.32 Å². The molecule has 0 radical (unpaired) electrons. The maximum Gasteiger partial charge on any atom is 0.336 e. The van der Waals surface area contributed by atoms with Crippen molar-refractivity contribution in [3.63, 3.8) is 0 Å². The number of hydrogen-bond donors (Lipinski definition) is 3. The summed E-state index contributed by atoms with van der Waals surface area (Å²) in [5.74, 6) is -1.19. The van der Waals surface area contributed by atoms with Gasteiger partial charge in [-0.3, -0.25) is 4.79 Å². The third-order valence-electron chi connectivity index (χ3n) is 4.86. The minimum Gasteiger partial charge on any atom is -0.508 e. The summed E-state index contributed by atoms with van der Waals surface area (Å²) in [5.41, 5.74) is 2.57. The average molecular weight is 407 g/mol. The van der Waals surface area contributed by atoms with E-state index >= 15 is 0 Å². The van der Waals surface area contributed by atoms with Crippen molar-refractivity contribution in [2.24, 2.45) is 5.92 Å². The van der Waals surface area contributed by atoms with Crippen LogP contribution in [-0.2, 0) is 9.53 Å². The summed E-state index contributed by atoms with van der Waals surface area (Å²) in [6.07, 6.45) is 8.79.